The van der Waals surface area contributed by atoms with Crippen LogP contribution in [0, 0.1) is 0 Å². The van der Waals surface area contributed by atoms with E-state index in [0.29, 0.717) is 13.2 Å². The zero-order valence-electron chi connectivity index (χ0n) is 12.5. The van der Waals surface area contributed by atoms with E-state index in [2.05, 4.69) is 22.4 Å². The van der Waals surface area contributed by atoms with E-state index in [9.17, 15) is 0 Å². The second kappa shape index (κ2) is 7.66. The molecular formula is C16H23ClN2O2. The van der Waals surface area contributed by atoms with Crippen molar-refractivity contribution in [1.82, 2.24) is 5.32 Å². The topological polar surface area (TPSA) is 42.9 Å². The van der Waals surface area contributed by atoms with Crippen LogP contribution in [0.3, 0.4) is 0 Å². The number of halogens is 1. The lowest BCUT2D eigenvalue weighted by Gasteiger charge is -2.20. The molecule has 1 heterocycles. The molecule has 2 aliphatic rings. The Morgan fingerprint density at radius 1 is 1.14 bits per heavy atom. The molecule has 0 bridgehead atoms. The minimum absolute atomic E-state index is 0. The molecule has 4 nitrogen and oxygen atoms in total. The monoisotopic (exact) mass is 310 g/mol. The first-order chi connectivity index (χ1) is 9.88. The molecular weight excluding hydrogens is 288 g/mol. The van der Waals surface area contributed by atoms with Crippen molar-refractivity contribution in [3.63, 3.8) is 0 Å². The molecule has 0 amide bonds. The van der Waals surface area contributed by atoms with Crippen molar-refractivity contribution in [2.75, 3.05) is 33.4 Å². The van der Waals surface area contributed by atoms with Gasteiger partial charge in [0.05, 0.1) is 18.7 Å². The highest BCUT2D eigenvalue weighted by atomic mass is 35.5. The summed E-state index contributed by atoms with van der Waals surface area (Å²) in [5, 5.41) is 3.35. The normalized spacial score (nSPS) is 16.5. The van der Waals surface area contributed by atoms with Gasteiger partial charge in [0.25, 0.3) is 0 Å². The highest BCUT2D eigenvalue weighted by Crippen LogP contribution is 2.30. The molecule has 1 aliphatic carbocycles. The van der Waals surface area contributed by atoms with Crippen LogP contribution < -0.4 is 10.1 Å². The Morgan fingerprint density at radius 2 is 1.90 bits per heavy atom. The van der Waals surface area contributed by atoms with Gasteiger partial charge >= 0.3 is 0 Å². The second-order valence-corrected chi connectivity index (χ2v) is 5.32. The third-order valence-electron chi connectivity index (χ3n) is 3.92. The van der Waals surface area contributed by atoms with Crippen molar-refractivity contribution in [2.45, 2.75) is 25.7 Å². The number of hydrogen-bond donors (Lipinski definition) is 1. The maximum atomic E-state index is 5.91. The molecule has 116 valence electrons. The van der Waals surface area contributed by atoms with E-state index in [-0.39, 0.29) is 12.4 Å². The molecule has 1 aromatic carbocycles. The Kier molecular flexibility index (Phi) is 5.88. The van der Waals surface area contributed by atoms with Crippen LogP contribution in [-0.2, 0) is 17.6 Å². The summed E-state index contributed by atoms with van der Waals surface area (Å²) < 4.78 is 11.0. The fourth-order valence-corrected chi connectivity index (χ4v) is 2.88. The van der Waals surface area contributed by atoms with E-state index < -0.39 is 0 Å². The van der Waals surface area contributed by atoms with Gasteiger partial charge in [0.1, 0.15) is 18.2 Å². The maximum Gasteiger partial charge on any atom is 0.132 e. The molecule has 1 aromatic rings. The SMILES string of the molecule is COCCOc1cc2c(cc1C1=NCCN1)CCCC2.Cl. The predicted octanol–water partition coefficient (Wildman–Crippen LogP) is 2.36. The van der Waals surface area contributed by atoms with Gasteiger partial charge in [-0.2, -0.15) is 0 Å². The zero-order chi connectivity index (χ0) is 13.8. The minimum Gasteiger partial charge on any atom is -0.490 e. The van der Waals surface area contributed by atoms with Gasteiger partial charge < -0.3 is 14.8 Å². The van der Waals surface area contributed by atoms with Crippen LogP contribution >= 0.6 is 12.4 Å². The van der Waals surface area contributed by atoms with Crippen LogP contribution in [0.15, 0.2) is 17.1 Å². The lowest BCUT2D eigenvalue weighted by atomic mass is 9.89. The van der Waals surface area contributed by atoms with Gasteiger partial charge in [-0.25, -0.2) is 0 Å². The molecule has 0 saturated heterocycles. The third-order valence-corrected chi connectivity index (χ3v) is 3.92. The first kappa shape index (κ1) is 16.1. The first-order valence-electron chi connectivity index (χ1n) is 7.44. The molecule has 0 spiro atoms. The molecule has 5 heteroatoms. The van der Waals surface area contributed by atoms with Crippen molar-refractivity contribution in [2.24, 2.45) is 4.99 Å². The van der Waals surface area contributed by atoms with Gasteiger partial charge in [0, 0.05) is 13.7 Å². The number of benzene rings is 1. The molecule has 0 atom stereocenters. The van der Waals surface area contributed by atoms with E-state index >= 15 is 0 Å². The summed E-state index contributed by atoms with van der Waals surface area (Å²) in [5.74, 6) is 1.92. The Morgan fingerprint density at radius 3 is 2.57 bits per heavy atom. The minimum atomic E-state index is 0. The lowest BCUT2D eigenvalue weighted by Crippen LogP contribution is -2.21. The van der Waals surface area contributed by atoms with Crippen LogP contribution in [0.2, 0.25) is 0 Å². The summed E-state index contributed by atoms with van der Waals surface area (Å²) in [6.07, 6.45) is 4.91. The number of aliphatic imine (C=N–C) groups is 1. The number of hydrogen-bond acceptors (Lipinski definition) is 4. The number of nitrogens with zero attached hydrogens (tertiary/aromatic N) is 1. The maximum absolute atomic E-state index is 5.91. The van der Waals surface area contributed by atoms with Crippen LogP contribution in [0.25, 0.3) is 0 Å². The average molecular weight is 311 g/mol. The lowest BCUT2D eigenvalue weighted by molar-refractivity contribution is 0.146. The summed E-state index contributed by atoms with van der Waals surface area (Å²) in [4.78, 5) is 4.54. The number of nitrogens with one attached hydrogen (secondary N) is 1. The standard InChI is InChI=1S/C16H22N2O2.ClH/c1-19-8-9-20-15-11-13-5-3-2-4-12(13)10-14(15)16-17-6-7-18-16;/h10-11H,2-9H2,1H3,(H,17,18);1H. The summed E-state index contributed by atoms with van der Waals surface area (Å²) in [5.41, 5.74) is 4.01. The van der Waals surface area contributed by atoms with Crippen molar-refractivity contribution >= 4 is 18.2 Å². The molecule has 0 unspecified atom stereocenters. The average Bonchev–Trinajstić information content (AvgIpc) is 3.01. The van der Waals surface area contributed by atoms with E-state index in [1.54, 1.807) is 7.11 Å². The van der Waals surface area contributed by atoms with Crippen LogP contribution in [0.5, 0.6) is 5.75 Å². The molecule has 3 rings (SSSR count). The van der Waals surface area contributed by atoms with Gasteiger partial charge in [-0.1, -0.05) is 0 Å². The van der Waals surface area contributed by atoms with E-state index in [1.165, 1.54) is 30.4 Å². The Bertz CT molecular complexity index is 517. The van der Waals surface area contributed by atoms with Crippen molar-refractivity contribution in [1.29, 1.82) is 0 Å². The highest BCUT2D eigenvalue weighted by Gasteiger charge is 2.19. The fourth-order valence-electron chi connectivity index (χ4n) is 2.88. The summed E-state index contributed by atoms with van der Waals surface area (Å²) in [7, 11) is 1.69. The summed E-state index contributed by atoms with van der Waals surface area (Å²) in [6, 6.07) is 4.48. The van der Waals surface area contributed by atoms with Crippen LogP contribution in [0.4, 0.5) is 0 Å². The van der Waals surface area contributed by atoms with Gasteiger partial charge in [0.2, 0.25) is 0 Å². The quantitative estimate of drug-likeness (QED) is 0.849. The number of aryl methyl sites for hydroxylation is 2. The van der Waals surface area contributed by atoms with Crippen molar-refractivity contribution < 1.29 is 9.47 Å². The molecule has 21 heavy (non-hydrogen) atoms. The molecule has 1 aliphatic heterocycles. The number of fused-ring (bicyclic) bond motifs is 1. The molecule has 1 N–H and O–H groups in total. The summed E-state index contributed by atoms with van der Waals surface area (Å²) in [6.45, 7) is 2.96. The third kappa shape index (κ3) is 3.69. The Labute approximate surface area is 132 Å². The molecule has 0 radical (unpaired) electrons. The zero-order valence-corrected chi connectivity index (χ0v) is 13.3. The largest absolute Gasteiger partial charge is 0.490 e. The van der Waals surface area contributed by atoms with Crippen molar-refractivity contribution in [3.8, 4) is 5.75 Å². The Balaban J connectivity index is 0.00000161. The number of rotatable bonds is 5. The van der Waals surface area contributed by atoms with E-state index in [4.69, 9.17) is 9.47 Å². The van der Waals surface area contributed by atoms with Crippen molar-refractivity contribution in [3.05, 3.63) is 28.8 Å². The van der Waals surface area contributed by atoms with Gasteiger partial charge in [-0.3, -0.25) is 4.99 Å². The fraction of sp³-hybridized carbons (Fsp3) is 0.562. The first-order valence-corrected chi connectivity index (χ1v) is 7.44. The van der Waals surface area contributed by atoms with E-state index in [0.717, 1.165) is 36.7 Å². The molecule has 0 aromatic heterocycles. The van der Waals surface area contributed by atoms with Gasteiger partial charge in [0.15, 0.2) is 0 Å². The Hall–Kier alpha value is -1.26. The van der Waals surface area contributed by atoms with Gasteiger partial charge in [-0.15, -0.1) is 12.4 Å². The number of ether oxygens (including phenoxy) is 2. The smallest absolute Gasteiger partial charge is 0.132 e. The highest BCUT2D eigenvalue weighted by molar-refractivity contribution is 6.02. The predicted molar refractivity (Wildman–Crippen MR) is 87.1 cm³/mol. The van der Waals surface area contributed by atoms with Crippen LogP contribution in [-0.4, -0.2) is 39.2 Å². The molecule has 0 fully saturated rings. The van der Waals surface area contributed by atoms with Gasteiger partial charge in [-0.05, 0) is 48.9 Å². The number of methoxy groups -OCH3 is 1. The van der Waals surface area contributed by atoms with E-state index in [1.807, 2.05) is 0 Å². The second-order valence-electron chi connectivity index (χ2n) is 5.32. The summed E-state index contributed by atoms with van der Waals surface area (Å²) >= 11 is 0. The van der Waals surface area contributed by atoms with Crippen LogP contribution in [0.1, 0.15) is 29.5 Å². The number of amidine groups is 1. The molecule has 0 saturated carbocycles.